The molecular weight excluding hydrogens is 204 g/mol. The summed E-state index contributed by atoms with van der Waals surface area (Å²) in [5.41, 5.74) is 5.81. The molecule has 0 aliphatic carbocycles. The zero-order valence-corrected chi connectivity index (χ0v) is 7.88. The summed E-state index contributed by atoms with van der Waals surface area (Å²) in [7, 11) is 0. The van der Waals surface area contributed by atoms with Gasteiger partial charge in [0.25, 0.3) is 0 Å². The Bertz CT molecular complexity index is 424. The summed E-state index contributed by atoms with van der Waals surface area (Å²) in [5.74, 6) is -1.17. The highest BCUT2D eigenvalue weighted by atomic mass is 35.5. The lowest BCUT2D eigenvalue weighted by atomic mass is 10.0. The summed E-state index contributed by atoms with van der Waals surface area (Å²) in [6.07, 6.45) is 0. The average Bonchev–Trinajstić information content (AvgIpc) is 2.16. The van der Waals surface area contributed by atoms with Gasteiger partial charge in [-0.1, -0.05) is 17.7 Å². The van der Waals surface area contributed by atoms with Crippen LogP contribution in [0.15, 0.2) is 12.1 Å². The molecule has 5 heteroatoms. The van der Waals surface area contributed by atoms with E-state index in [9.17, 15) is 4.79 Å². The molecule has 0 heterocycles. The Morgan fingerprint density at radius 3 is 2.71 bits per heavy atom. The van der Waals surface area contributed by atoms with E-state index in [4.69, 9.17) is 27.7 Å². The molecule has 0 saturated heterocycles. The molecule has 0 unspecified atom stereocenters. The highest BCUT2D eigenvalue weighted by Crippen LogP contribution is 2.24. The Hall–Kier alpha value is -1.57. The zero-order chi connectivity index (χ0) is 10.7. The number of carbonyl (C=O) groups is 1. The van der Waals surface area contributed by atoms with Crippen molar-refractivity contribution in [1.82, 2.24) is 0 Å². The van der Waals surface area contributed by atoms with E-state index in [0.29, 0.717) is 5.56 Å². The van der Waals surface area contributed by atoms with Gasteiger partial charge in [-0.05, 0) is 11.6 Å². The number of hydrogen-bond donors (Lipinski definition) is 2. The van der Waals surface area contributed by atoms with Gasteiger partial charge in [0.15, 0.2) is 0 Å². The summed E-state index contributed by atoms with van der Waals surface area (Å²) >= 11 is 5.73. The summed E-state index contributed by atoms with van der Waals surface area (Å²) in [6, 6.07) is 4.75. The molecule has 0 bridgehead atoms. The van der Waals surface area contributed by atoms with E-state index in [1.165, 1.54) is 12.1 Å². The van der Waals surface area contributed by atoms with Crippen LogP contribution in [0.4, 0.5) is 0 Å². The van der Waals surface area contributed by atoms with Crippen molar-refractivity contribution in [3.05, 3.63) is 33.8 Å². The van der Waals surface area contributed by atoms with Crippen molar-refractivity contribution in [1.29, 1.82) is 5.26 Å². The summed E-state index contributed by atoms with van der Waals surface area (Å²) in [5, 5.41) is 17.4. The molecule has 3 N–H and O–H groups in total. The van der Waals surface area contributed by atoms with Gasteiger partial charge >= 0.3 is 5.97 Å². The average molecular weight is 211 g/mol. The molecule has 1 aromatic carbocycles. The molecule has 1 rings (SSSR count). The van der Waals surface area contributed by atoms with Crippen LogP contribution in [0.5, 0.6) is 0 Å². The minimum absolute atomic E-state index is 0.0528. The number of rotatable bonds is 2. The Kier molecular flexibility index (Phi) is 3.07. The third kappa shape index (κ3) is 1.69. The van der Waals surface area contributed by atoms with Crippen molar-refractivity contribution in [2.75, 3.05) is 0 Å². The molecule has 0 aromatic heterocycles. The van der Waals surface area contributed by atoms with Crippen LogP contribution in [-0.2, 0) is 6.54 Å². The van der Waals surface area contributed by atoms with Gasteiger partial charge in [0, 0.05) is 6.54 Å². The van der Waals surface area contributed by atoms with Gasteiger partial charge in [-0.2, -0.15) is 5.26 Å². The highest BCUT2D eigenvalue weighted by molar-refractivity contribution is 6.34. The molecule has 0 radical (unpaired) electrons. The van der Waals surface area contributed by atoms with Crippen LogP contribution in [0.3, 0.4) is 0 Å². The fourth-order valence-electron chi connectivity index (χ4n) is 1.10. The van der Waals surface area contributed by atoms with Crippen molar-refractivity contribution in [2.45, 2.75) is 6.54 Å². The van der Waals surface area contributed by atoms with E-state index in [0.717, 1.165) is 0 Å². The van der Waals surface area contributed by atoms with Gasteiger partial charge < -0.3 is 10.8 Å². The number of nitrogens with two attached hydrogens (primary N) is 1. The number of aromatic carboxylic acids is 1. The van der Waals surface area contributed by atoms with E-state index in [-0.39, 0.29) is 22.7 Å². The number of carboxylic acids is 1. The van der Waals surface area contributed by atoms with Gasteiger partial charge in [-0.15, -0.1) is 0 Å². The van der Waals surface area contributed by atoms with E-state index < -0.39 is 5.97 Å². The first-order valence-corrected chi connectivity index (χ1v) is 4.14. The van der Waals surface area contributed by atoms with Crippen LogP contribution in [0, 0.1) is 11.3 Å². The lowest BCUT2D eigenvalue weighted by Gasteiger charge is -2.06. The number of benzene rings is 1. The normalized spacial score (nSPS) is 9.50. The number of hydrogen-bond acceptors (Lipinski definition) is 3. The molecule has 72 valence electrons. The molecular formula is C9H7ClN2O2. The number of halogens is 1. The summed E-state index contributed by atoms with van der Waals surface area (Å²) in [6.45, 7) is 0.0765. The van der Waals surface area contributed by atoms with Crippen molar-refractivity contribution in [3.8, 4) is 6.07 Å². The van der Waals surface area contributed by atoms with Gasteiger partial charge in [-0.3, -0.25) is 0 Å². The number of carboxylic acid groups (broad SMARTS) is 1. The lowest BCUT2D eigenvalue weighted by molar-refractivity contribution is 0.0696. The van der Waals surface area contributed by atoms with Crippen molar-refractivity contribution >= 4 is 17.6 Å². The van der Waals surface area contributed by atoms with E-state index in [1.54, 1.807) is 6.07 Å². The van der Waals surface area contributed by atoms with Crippen LogP contribution in [0.2, 0.25) is 5.02 Å². The van der Waals surface area contributed by atoms with Gasteiger partial charge in [-0.25, -0.2) is 4.79 Å². The van der Waals surface area contributed by atoms with E-state index in [2.05, 4.69) is 0 Å². The monoisotopic (exact) mass is 210 g/mol. The molecule has 0 aliphatic heterocycles. The first-order valence-electron chi connectivity index (χ1n) is 3.76. The fourth-order valence-corrected chi connectivity index (χ4v) is 1.41. The predicted molar refractivity (Wildman–Crippen MR) is 51.0 cm³/mol. The maximum Gasteiger partial charge on any atom is 0.337 e. The molecule has 4 nitrogen and oxygen atoms in total. The second-order valence-corrected chi connectivity index (χ2v) is 2.96. The first-order chi connectivity index (χ1) is 6.61. The molecule has 14 heavy (non-hydrogen) atoms. The second-order valence-electron chi connectivity index (χ2n) is 2.58. The van der Waals surface area contributed by atoms with Crippen LogP contribution >= 0.6 is 11.6 Å². The summed E-state index contributed by atoms with van der Waals surface area (Å²) in [4.78, 5) is 10.8. The number of nitrogens with zero attached hydrogens (tertiary/aromatic N) is 1. The minimum Gasteiger partial charge on any atom is -0.478 e. The largest absolute Gasteiger partial charge is 0.478 e. The van der Waals surface area contributed by atoms with Gasteiger partial charge in [0.05, 0.1) is 16.1 Å². The van der Waals surface area contributed by atoms with E-state index >= 15 is 0 Å². The van der Waals surface area contributed by atoms with Crippen LogP contribution in [-0.4, -0.2) is 11.1 Å². The molecule has 0 fully saturated rings. The highest BCUT2D eigenvalue weighted by Gasteiger charge is 2.16. The molecule has 0 saturated carbocycles. The van der Waals surface area contributed by atoms with E-state index in [1.807, 2.05) is 0 Å². The van der Waals surface area contributed by atoms with Crippen LogP contribution in [0.1, 0.15) is 21.5 Å². The molecule has 0 amide bonds. The molecule has 0 atom stereocenters. The van der Waals surface area contributed by atoms with Gasteiger partial charge in [0.1, 0.15) is 6.07 Å². The zero-order valence-electron chi connectivity index (χ0n) is 7.12. The number of nitriles is 1. The van der Waals surface area contributed by atoms with Crippen molar-refractivity contribution < 1.29 is 9.90 Å². The Labute approximate surface area is 85.5 Å². The Balaban J connectivity index is 3.49. The smallest absolute Gasteiger partial charge is 0.337 e. The Morgan fingerprint density at radius 2 is 2.29 bits per heavy atom. The fraction of sp³-hybridized carbons (Fsp3) is 0.111. The van der Waals surface area contributed by atoms with Crippen LogP contribution < -0.4 is 5.73 Å². The quantitative estimate of drug-likeness (QED) is 0.772. The third-order valence-corrected chi connectivity index (χ3v) is 2.18. The maximum atomic E-state index is 10.8. The summed E-state index contributed by atoms with van der Waals surface area (Å²) < 4.78 is 0. The molecule has 0 aliphatic rings. The third-order valence-electron chi connectivity index (χ3n) is 1.78. The standard InChI is InChI=1S/C9H7ClN2O2/c10-8-6(4-12)2-1-5(3-11)7(8)9(13)14/h1-2H,3,11H2,(H,13,14). The van der Waals surface area contributed by atoms with Crippen molar-refractivity contribution in [3.63, 3.8) is 0 Å². The van der Waals surface area contributed by atoms with Crippen molar-refractivity contribution in [2.24, 2.45) is 5.73 Å². The Morgan fingerprint density at radius 1 is 1.64 bits per heavy atom. The predicted octanol–water partition coefficient (Wildman–Crippen LogP) is 1.37. The molecule has 0 spiro atoms. The first kappa shape index (κ1) is 10.5. The van der Waals surface area contributed by atoms with Crippen LogP contribution in [0.25, 0.3) is 0 Å². The van der Waals surface area contributed by atoms with Gasteiger partial charge in [0.2, 0.25) is 0 Å². The lowest BCUT2D eigenvalue weighted by Crippen LogP contribution is -2.08. The topological polar surface area (TPSA) is 87.1 Å². The maximum absolute atomic E-state index is 10.8. The SMILES string of the molecule is N#Cc1ccc(CN)c(C(=O)O)c1Cl. The minimum atomic E-state index is -1.17. The second kappa shape index (κ2) is 4.09. The molecule has 1 aromatic rings.